The van der Waals surface area contributed by atoms with Crippen molar-refractivity contribution in [3.8, 4) is 5.75 Å². The second-order valence-corrected chi connectivity index (χ2v) is 6.92. The molecule has 0 saturated carbocycles. The summed E-state index contributed by atoms with van der Waals surface area (Å²) in [6.45, 7) is 3.94. The van der Waals surface area contributed by atoms with Crippen LogP contribution in [0.5, 0.6) is 5.75 Å². The molecule has 0 aromatic heterocycles. The molecule has 2 aromatic carbocycles. The summed E-state index contributed by atoms with van der Waals surface area (Å²) in [7, 11) is 1.64. The third-order valence-corrected chi connectivity index (χ3v) is 5.28. The first-order valence-corrected chi connectivity index (χ1v) is 9.42. The summed E-state index contributed by atoms with van der Waals surface area (Å²) in [5.74, 6) is 0.487. The van der Waals surface area contributed by atoms with E-state index in [4.69, 9.17) is 4.74 Å². The van der Waals surface area contributed by atoms with Gasteiger partial charge < -0.3 is 10.1 Å². The van der Waals surface area contributed by atoms with Gasteiger partial charge in [0.15, 0.2) is 0 Å². The predicted octanol–water partition coefficient (Wildman–Crippen LogP) is 3.48. The molecule has 7 nitrogen and oxygen atoms in total. The minimum atomic E-state index is -0.464. The highest BCUT2D eigenvalue weighted by Crippen LogP contribution is 2.31. The van der Waals surface area contributed by atoms with Gasteiger partial charge in [-0.1, -0.05) is 24.3 Å². The van der Waals surface area contributed by atoms with E-state index >= 15 is 0 Å². The van der Waals surface area contributed by atoms with Gasteiger partial charge in [0.25, 0.3) is 11.6 Å². The average molecular weight is 383 g/mol. The Labute approximate surface area is 164 Å². The summed E-state index contributed by atoms with van der Waals surface area (Å²) in [5.41, 5.74) is 1.69. The van der Waals surface area contributed by atoms with Crippen molar-refractivity contribution < 1.29 is 14.5 Å². The Morgan fingerprint density at radius 2 is 1.93 bits per heavy atom. The normalized spacial score (nSPS) is 15.2. The minimum absolute atomic E-state index is 0.0124. The summed E-state index contributed by atoms with van der Waals surface area (Å²) >= 11 is 0. The summed E-state index contributed by atoms with van der Waals surface area (Å²) in [4.78, 5) is 25.8. The number of para-hydroxylation sites is 1. The topological polar surface area (TPSA) is 84.7 Å². The number of ether oxygens (including phenoxy) is 1. The maximum absolute atomic E-state index is 12.8. The molecular weight excluding hydrogens is 358 g/mol. The number of amides is 1. The molecule has 0 bridgehead atoms. The third-order valence-electron chi connectivity index (χ3n) is 5.28. The molecule has 0 spiro atoms. The van der Waals surface area contributed by atoms with Crippen molar-refractivity contribution in [1.82, 2.24) is 10.2 Å². The lowest BCUT2D eigenvalue weighted by Gasteiger charge is -2.29. The van der Waals surface area contributed by atoms with Crippen molar-refractivity contribution in [2.24, 2.45) is 0 Å². The zero-order valence-electron chi connectivity index (χ0n) is 16.2. The molecule has 0 radical (unpaired) electrons. The van der Waals surface area contributed by atoms with E-state index in [0.717, 1.165) is 37.2 Å². The van der Waals surface area contributed by atoms with Gasteiger partial charge >= 0.3 is 0 Å². The molecule has 148 valence electrons. The van der Waals surface area contributed by atoms with Crippen molar-refractivity contribution >= 4 is 11.6 Å². The molecule has 1 saturated heterocycles. The SMILES string of the molecule is COc1ccccc1C(CNC(=O)c1cccc([N+](=O)[O-])c1C)N1CCCC1. The van der Waals surface area contributed by atoms with Crippen molar-refractivity contribution in [3.63, 3.8) is 0 Å². The van der Waals surface area contributed by atoms with Gasteiger partial charge in [-0.3, -0.25) is 19.8 Å². The van der Waals surface area contributed by atoms with Gasteiger partial charge in [-0.15, -0.1) is 0 Å². The van der Waals surface area contributed by atoms with Crippen LogP contribution in [0, 0.1) is 17.0 Å². The molecule has 1 N–H and O–H groups in total. The number of carbonyl (C=O) groups excluding carboxylic acids is 1. The zero-order chi connectivity index (χ0) is 20.1. The van der Waals surface area contributed by atoms with Crippen LogP contribution in [0.1, 0.15) is 40.4 Å². The number of likely N-dealkylation sites (tertiary alicyclic amines) is 1. The Kier molecular flexibility index (Phi) is 6.26. The third kappa shape index (κ3) is 4.14. The van der Waals surface area contributed by atoms with Crippen molar-refractivity contribution in [1.29, 1.82) is 0 Å². The number of hydrogen-bond acceptors (Lipinski definition) is 5. The van der Waals surface area contributed by atoms with Gasteiger partial charge in [0.05, 0.1) is 18.1 Å². The van der Waals surface area contributed by atoms with E-state index in [2.05, 4.69) is 10.2 Å². The number of rotatable bonds is 7. The Morgan fingerprint density at radius 3 is 2.61 bits per heavy atom. The predicted molar refractivity (Wildman–Crippen MR) is 107 cm³/mol. The maximum atomic E-state index is 12.8. The van der Waals surface area contributed by atoms with Gasteiger partial charge in [-0.25, -0.2) is 0 Å². The second kappa shape index (κ2) is 8.84. The first-order valence-electron chi connectivity index (χ1n) is 9.42. The molecule has 0 aliphatic carbocycles. The van der Waals surface area contributed by atoms with Crippen LogP contribution in [0.4, 0.5) is 5.69 Å². The quantitative estimate of drug-likeness (QED) is 0.584. The number of benzene rings is 2. The van der Waals surface area contributed by atoms with Crippen LogP contribution in [-0.2, 0) is 0 Å². The Hall–Kier alpha value is -2.93. The van der Waals surface area contributed by atoms with E-state index in [-0.39, 0.29) is 17.6 Å². The molecule has 2 aromatic rings. The lowest BCUT2D eigenvalue weighted by atomic mass is 10.0. The standard InChI is InChI=1S/C21H25N3O4/c1-15-16(9-7-10-18(15)24(26)27)21(25)22-14-19(23-12-5-6-13-23)17-8-3-4-11-20(17)28-2/h3-4,7-11,19H,5-6,12-14H2,1-2H3,(H,22,25). The first kappa shape index (κ1) is 19.8. The summed E-state index contributed by atoms with van der Waals surface area (Å²) in [6, 6.07) is 12.4. The van der Waals surface area contributed by atoms with Gasteiger partial charge in [-0.05, 0) is 45.0 Å². The van der Waals surface area contributed by atoms with Gasteiger partial charge in [0.2, 0.25) is 0 Å². The highest BCUT2D eigenvalue weighted by Gasteiger charge is 2.27. The monoisotopic (exact) mass is 383 g/mol. The van der Waals surface area contributed by atoms with E-state index < -0.39 is 4.92 Å². The summed E-state index contributed by atoms with van der Waals surface area (Å²) in [6.07, 6.45) is 2.26. The van der Waals surface area contributed by atoms with Gasteiger partial charge in [0.1, 0.15) is 5.75 Å². The fraction of sp³-hybridized carbons (Fsp3) is 0.381. The highest BCUT2D eigenvalue weighted by molar-refractivity contribution is 5.96. The molecule has 1 amide bonds. The zero-order valence-corrected chi connectivity index (χ0v) is 16.2. The summed E-state index contributed by atoms with van der Waals surface area (Å²) < 4.78 is 5.52. The minimum Gasteiger partial charge on any atom is -0.496 e. The second-order valence-electron chi connectivity index (χ2n) is 6.92. The van der Waals surface area contributed by atoms with Crippen LogP contribution in [0.15, 0.2) is 42.5 Å². The van der Waals surface area contributed by atoms with Crippen molar-refractivity contribution in [2.45, 2.75) is 25.8 Å². The fourth-order valence-electron chi connectivity index (χ4n) is 3.78. The van der Waals surface area contributed by atoms with E-state index in [1.807, 2.05) is 24.3 Å². The van der Waals surface area contributed by atoms with E-state index in [9.17, 15) is 14.9 Å². The Bertz CT molecular complexity index is 862. The number of carbonyl (C=O) groups is 1. The highest BCUT2D eigenvalue weighted by atomic mass is 16.6. The van der Waals surface area contributed by atoms with Gasteiger partial charge in [0, 0.05) is 29.3 Å². The lowest BCUT2D eigenvalue weighted by molar-refractivity contribution is -0.385. The molecular formula is C21H25N3O4. The molecule has 28 heavy (non-hydrogen) atoms. The molecule has 1 fully saturated rings. The molecule has 1 aliphatic heterocycles. The number of nitrogens with zero attached hydrogens (tertiary/aromatic N) is 2. The van der Waals surface area contributed by atoms with Crippen LogP contribution in [0.25, 0.3) is 0 Å². The van der Waals surface area contributed by atoms with Crippen LogP contribution < -0.4 is 10.1 Å². The molecule has 1 aliphatic rings. The number of nitro groups is 1. The van der Waals surface area contributed by atoms with Crippen molar-refractivity contribution in [3.05, 3.63) is 69.3 Å². The van der Waals surface area contributed by atoms with Gasteiger partial charge in [-0.2, -0.15) is 0 Å². The first-order chi connectivity index (χ1) is 13.5. The molecule has 1 unspecified atom stereocenters. The maximum Gasteiger partial charge on any atom is 0.273 e. The van der Waals surface area contributed by atoms with Crippen LogP contribution in [0.3, 0.4) is 0 Å². The number of nitro benzene ring substituents is 1. The summed E-state index contributed by atoms with van der Waals surface area (Å²) in [5, 5.41) is 14.1. The lowest BCUT2D eigenvalue weighted by Crippen LogP contribution is -2.37. The fourth-order valence-corrected chi connectivity index (χ4v) is 3.78. The Morgan fingerprint density at radius 1 is 1.21 bits per heavy atom. The number of nitrogens with one attached hydrogen (secondary N) is 1. The molecule has 1 atom stereocenters. The van der Waals surface area contributed by atoms with Crippen LogP contribution in [0.2, 0.25) is 0 Å². The van der Waals surface area contributed by atoms with Crippen LogP contribution in [-0.4, -0.2) is 42.5 Å². The van der Waals surface area contributed by atoms with E-state index in [0.29, 0.717) is 17.7 Å². The van der Waals surface area contributed by atoms with Crippen LogP contribution >= 0.6 is 0 Å². The molecule has 3 rings (SSSR count). The molecule has 1 heterocycles. The number of hydrogen-bond donors (Lipinski definition) is 1. The smallest absolute Gasteiger partial charge is 0.273 e. The van der Waals surface area contributed by atoms with E-state index in [1.54, 1.807) is 20.1 Å². The number of methoxy groups -OCH3 is 1. The molecule has 7 heteroatoms. The average Bonchev–Trinajstić information content (AvgIpc) is 3.22. The Balaban J connectivity index is 1.82. The van der Waals surface area contributed by atoms with Crippen molar-refractivity contribution in [2.75, 3.05) is 26.7 Å². The van der Waals surface area contributed by atoms with E-state index in [1.165, 1.54) is 12.1 Å². The largest absolute Gasteiger partial charge is 0.496 e.